The van der Waals surface area contributed by atoms with Crippen LogP contribution in [0.15, 0.2) is 24.3 Å². The smallest absolute Gasteiger partial charge is 0.224 e. The molecule has 0 radical (unpaired) electrons. The van der Waals surface area contributed by atoms with Crippen molar-refractivity contribution < 1.29 is 14.3 Å². The summed E-state index contributed by atoms with van der Waals surface area (Å²) in [6.45, 7) is 6.69. The van der Waals surface area contributed by atoms with Crippen molar-refractivity contribution in [3.63, 3.8) is 0 Å². The fourth-order valence-electron chi connectivity index (χ4n) is 2.21. The molecule has 1 atom stereocenters. The molecule has 2 amide bonds. The van der Waals surface area contributed by atoms with Gasteiger partial charge in [-0.2, -0.15) is 0 Å². The molecule has 0 aromatic heterocycles. The van der Waals surface area contributed by atoms with Crippen LogP contribution in [0.3, 0.4) is 0 Å². The summed E-state index contributed by atoms with van der Waals surface area (Å²) in [4.78, 5) is 25.4. The number of hydrogen-bond acceptors (Lipinski definition) is 3. The monoisotopic (exact) mass is 292 g/mol. The third-order valence-corrected chi connectivity index (χ3v) is 3.39. The summed E-state index contributed by atoms with van der Waals surface area (Å²) in [5, 5.41) is 2.84. The first kappa shape index (κ1) is 17.0. The molecule has 0 fully saturated rings. The minimum atomic E-state index is -0.318. The van der Waals surface area contributed by atoms with Crippen LogP contribution in [0.25, 0.3) is 0 Å². The molecule has 0 spiro atoms. The summed E-state index contributed by atoms with van der Waals surface area (Å²) in [5.41, 5.74) is 0.895. The first-order valence-electron chi connectivity index (χ1n) is 7.20. The molecule has 1 aromatic carbocycles. The Morgan fingerprint density at radius 1 is 1.19 bits per heavy atom. The number of amides is 2. The Morgan fingerprint density at radius 2 is 1.76 bits per heavy atom. The highest BCUT2D eigenvalue weighted by molar-refractivity contribution is 5.79. The van der Waals surface area contributed by atoms with Gasteiger partial charge in [0.1, 0.15) is 5.75 Å². The van der Waals surface area contributed by atoms with Gasteiger partial charge in [-0.25, -0.2) is 0 Å². The molecule has 5 heteroatoms. The van der Waals surface area contributed by atoms with Gasteiger partial charge >= 0.3 is 0 Å². The molecule has 1 N–H and O–H groups in total. The van der Waals surface area contributed by atoms with Gasteiger partial charge in [0.25, 0.3) is 0 Å². The molecule has 1 rings (SSSR count). The Hall–Kier alpha value is -2.04. The normalized spacial score (nSPS) is 11.6. The fourth-order valence-corrected chi connectivity index (χ4v) is 2.21. The number of nitrogens with zero attached hydrogens (tertiary/aromatic N) is 1. The van der Waals surface area contributed by atoms with E-state index in [9.17, 15) is 9.59 Å². The lowest BCUT2D eigenvalue weighted by atomic mass is 10.0. The summed E-state index contributed by atoms with van der Waals surface area (Å²) >= 11 is 0. The highest BCUT2D eigenvalue weighted by Gasteiger charge is 2.20. The third kappa shape index (κ3) is 5.10. The first-order valence-corrected chi connectivity index (χ1v) is 7.20. The van der Waals surface area contributed by atoms with Crippen molar-refractivity contribution in [2.75, 3.05) is 20.2 Å². The average molecular weight is 292 g/mol. The molecule has 5 nitrogen and oxygen atoms in total. The number of benzene rings is 1. The highest BCUT2D eigenvalue weighted by atomic mass is 16.5. The highest BCUT2D eigenvalue weighted by Crippen LogP contribution is 2.21. The van der Waals surface area contributed by atoms with Gasteiger partial charge in [0.2, 0.25) is 11.8 Å². The van der Waals surface area contributed by atoms with E-state index in [1.807, 2.05) is 38.1 Å². The molecule has 0 aliphatic heterocycles. The van der Waals surface area contributed by atoms with Gasteiger partial charge in [-0.05, 0) is 31.5 Å². The summed E-state index contributed by atoms with van der Waals surface area (Å²) in [6.07, 6.45) is 0.258. The molecule has 0 saturated heterocycles. The molecular formula is C16H24N2O3. The van der Waals surface area contributed by atoms with Crippen molar-refractivity contribution in [2.45, 2.75) is 33.2 Å². The molecular weight excluding hydrogens is 268 g/mol. The van der Waals surface area contributed by atoms with E-state index in [0.717, 1.165) is 11.3 Å². The average Bonchev–Trinajstić information content (AvgIpc) is 2.47. The zero-order valence-electron chi connectivity index (χ0n) is 13.2. The van der Waals surface area contributed by atoms with Crippen molar-refractivity contribution in [3.05, 3.63) is 29.8 Å². The molecule has 0 heterocycles. The number of ether oxygens (including phenoxy) is 1. The molecule has 1 unspecified atom stereocenters. The lowest BCUT2D eigenvalue weighted by Crippen LogP contribution is -2.35. The largest absolute Gasteiger partial charge is 0.497 e. The lowest BCUT2D eigenvalue weighted by molar-refractivity contribution is -0.131. The Bertz CT molecular complexity index is 467. The van der Waals surface area contributed by atoms with Gasteiger partial charge in [0.15, 0.2) is 0 Å². The summed E-state index contributed by atoms with van der Waals surface area (Å²) in [7, 11) is 1.60. The van der Waals surface area contributed by atoms with E-state index in [4.69, 9.17) is 4.74 Å². The Morgan fingerprint density at radius 3 is 2.19 bits per heavy atom. The topological polar surface area (TPSA) is 58.6 Å². The van der Waals surface area contributed by atoms with Crippen molar-refractivity contribution in [1.29, 1.82) is 0 Å². The Labute approximate surface area is 126 Å². The molecule has 116 valence electrons. The van der Waals surface area contributed by atoms with E-state index >= 15 is 0 Å². The summed E-state index contributed by atoms with van der Waals surface area (Å²) in [6, 6.07) is 7.07. The van der Waals surface area contributed by atoms with Gasteiger partial charge in [0.05, 0.1) is 19.6 Å². The SMILES string of the molecule is CCN(CC)C(=O)CC(NC(C)=O)c1ccc(OC)cc1. The molecule has 0 bridgehead atoms. The van der Waals surface area contributed by atoms with Gasteiger partial charge in [0, 0.05) is 20.0 Å². The first-order chi connectivity index (χ1) is 10.0. The van der Waals surface area contributed by atoms with E-state index in [1.54, 1.807) is 12.0 Å². The van der Waals surface area contributed by atoms with Crippen LogP contribution >= 0.6 is 0 Å². The minimum absolute atomic E-state index is 0.0366. The Kier molecular flexibility index (Phi) is 6.72. The van der Waals surface area contributed by atoms with Gasteiger partial charge < -0.3 is 15.0 Å². The van der Waals surface area contributed by atoms with Crippen molar-refractivity contribution in [3.8, 4) is 5.75 Å². The van der Waals surface area contributed by atoms with Crippen LogP contribution < -0.4 is 10.1 Å². The standard InChI is InChI=1S/C16H24N2O3/c1-5-18(6-2)16(20)11-15(17-12(3)19)13-7-9-14(21-4)10-8-13/h7-10,15H,5-6,11H2,1-4H3,(H,17,19). The quantitative estimate of drug-likeness (QED) is 0.837. The van der Waals surface area contributed by atoms with Crippen molar-refractivity contribution in [1.82, 2.24) is 10.2 Å². The van der Waals surface area contributed by atoms with Crippen molar-refractivity contribution in [2.24, 2.45) is 0 Å². The number of methoxy groups -OCH3 is 1. The van der Waals surface area contributed by atoms with E-state index in [-0.39, 0.29) is 24.3 Å². The molecule has 0 aliphatic rings. The third-order valence-electron chi connectivity index (χ3n) is 3.39. The zero-order chi connectivity index (χ0) is 15.8. The maximum Gasteiger partial charge on any atom is 0.224 e. The van der Waals surface area contributed by atoms with Gasteiger partial charge in [-0.1, -0.05) is 12.1 Å². The number of carbonyl (C=O) groups excluding carboxylic acids is 2. The second-order valence-corrected chi connectivity index (χ2v) is 4.80. The van der Waals surface area contributed by atoms with Crippen LogP contribution in [0.5, 0.6) is 5.75 Å². The van der Waals surface area contributed by atoms with E-state index in [0.29, 0.717) is 13.1 Å². The summed E-state index contributed by atoms with van der Waals surface area (Å²) in [5.74, 6) is 0.633. The van der Waals surface area contributed by atoms with Crippen LogP contribution in [0.4, 0.5) is 0 Å². The predicted octanol–water partition coefficient (Wildman–Crippen LogP) is 2.13. The number of rotatable bonds is 7. The fraction of sp³-hybridized carbons (Fsp3) is 0.500. The maximum absolute atomic E-state index is 12.2. The van der Waals surface area contributed by atoms with Crippen LogP contribution in [0.1, 0.15) is 38.8 Å². The summed E-state index contributed by atoms with van der Waals surface area (Å²) < 4.78 is 5.12. The van der Waals surface area contributed by atoms with Crippen LogP contribution in [0, 0.1) is 0 Å². The number of nitrogens with one attached hydrogen (secondary N) is 1. The Balaban J connectivity index is 2.88. The second kappa shape index (κ2) is 8.29. The zero-order valence-corrected chi connectivity index (χ0v) is 13.2. The molecule has 0 saturated carbocycles. The van der Waals surface area contributed by atoms with E-state index in [1.165, 1.54) is 6.92 Å². The van der Waals surface area contributed by atoms with Crippen LogP contribution in [0.2, 0.25) is 0 Å². The molecule has 0 aliphatic carbocycles. The molecule has 21 heavy (non-hydrogen) atoms. The van der Waals surface area contributed by atoms with Gasteiger partial charge in [-0.15, -0.1) is 0 Å². The number of hydrogen-bond donors (Lipinski definition) is 1. The second-order valence-electron chi connectivity index (χ2n) is 4.80. The maximum atomic E-state index is 12.2. The number of carbonyl (C=O) groups is 2. The van der Waals surface area contributed by atoms with E-state index < -0.39 is 0 Å². The van der Waals surface area contributed by atoms with Crippen molar-refractivity contribution >= 4 is 11.8 Å². The minimum Gasteiger partial charge on any atom is -0.497 e. The van der Waals surface area contributed by atoms with E-state index in [2.05, 4.69) is 5.32 Å². The molecule has 1 aromatic rings. The predicted molar refractivity (Wildman–Crippen MR) is 82.1 cm³/mol. The van der Waals surface area contributed by atoms with Crippen LogP contribution in [-0.4, -0.2) is 36.9 Å². The van der Waals surface area contributed by atoms with Crippen LogP contribution in [-0.2, 0) is 9.59 Å². The lowest BCUT2D eigenvalue weighted by Gasteiger charge is -2.23. The van der Waals surface area contributed by atoms with Gasteiger partial charge in [-0.3, -0.25) is 9.59 Å².